The van der Waals surface area contributed by atoms with Crippen molar-refractivity contribution in [1.29, 1.82) is 0 Å². The standard InChI is InChI=1S/C15H22Cl2N2O/c1-3-11(2)18-9-7-15(20)19-8-6-12-4-5-13(16)10-14(12)17/h4-5,10-11,18H,3,6-9H2,1-2H3,(H,19,20). The molecule has 0 aromatic heterocycles. The maximum atomic E-state index is 11.6. The summed E-state index contributed by atoms with van der Waals surface area (Å²) in [7, 11) is 0. The minimum absolute atomic E-state index is 0.0610. The number of hydrogen-bond donors (Lipinski definition) is 2. The van der Waals surface area contributed by atoms with Gasteiger partial charge >= 0.3 is 0 Å². The lowest BCUT2D eigenvalue weighted by atomic mass is 10.1. The number of carbonyl (C=O) groups excluding carboxylic acids is 1. The lowest BCUT2D eigenvalue weighted by Gasteiger charge is -2.11. The maximum absolute atomic E-state index is 11.6. The van der Waals surface area contributed by atoms with E-state index in [4.69, 9.17) is 23.2 Å². The van der Waals surface area contributed by atoms with Gasteiger partial charge in [-0.2, -0.15) is 0 Å². The van der Waals surface area contributed by atoms with Crippen LogP contribution in [-0.4, -0.2) is 25.0 Å². The highest BCUT2D eigenvalue weighted by atomic mass is 35.5. The number of hydrogen-bond acceptors (Lipinski definition) is 2. The van der Waals surface area contributed by atoms with Crippen molar-refractivity contribution in [3.8, 4) is 0 Å². The molecule has 112 valence electrons. The molecule has 1 rings (SSSR count). The van der Waals surface area contributed by atoms with Crippen LogP contribution in [0.5, 0.6) is 0 Å². The van der Waals surface area contributed by atoms with Crippen LogP contribution in [0.3, 0.4) is 0 Å². The molecule has 1 amide bonds. The summed E-state index contributed by atoms with van der Waals surface area (Å²) in [6.45, 7) is 5.53. The summed E-state index contributed by atoms with van der Waals surface area (Å²) in [4.78, 5) is 11.6. The first kappa shape index (κ1) is 17.3. The molecule has 0 saturated carbocycles. The van der Waals surface area contributed by atoms with Crippen molar-refractivity contribution in [2.45, 2.75) is 39.2 Å². The zero-order chi connectivity index (χ0) is 15.0. The molecule has 1 aromatic rings. The van der Waals surface area contributed by atoms with Crippen LogP contribution in [0.4, 0.5) is 0 Å². The Kier molecular flexibility index (Phi) is 7.97. The topological polar surface area (TPSA) is 41.1 Å². The summed E-state index contributed by atoms with van der Waals surface area (Å²) >= 11 is 11.9. The number of carbonyl (C=O) groups is 1. The van der Waals surface area contributed by atoms with Gasteiger partial charge in [-0.15, -0.1) is 0 Å². The fourth-order valence-corrected chi connectivity index (χ4v) is 2.23. The Bertz CT molecular complexity index is 438. The first-order chi connectivity index (χ1) is 9.52. The second kappa shape index (κ2) is 9.22. The van der Waals surface area contributed by atoms with Crippen molar-refractivity contribution in [1.82, 2.24) is 10.6 Å². The Hall–Kier alpha value is -0.770. The molecule has 1 aromatic carbocycles. The second-order valence-corrected chi connectivity index (χ2v) is 5.69. The molecule has 2 N–H and O–H groups in total. The second-order valence-electron chi connectivity index (χ2n) is 4.85. The van der Waals surface area contributed by atoms with Gasteiger partial charge in [0.2, 0.25) is 5.91 Å². The van der Waals surface area contributed by atoms with E-state index in [0.29, 0.717) is 42.0 Å². The monoisotopic (exact) mass is 316 g/mol. The van der Waals surface area contributed by atoms with Crippen LogP contribution in [0.1, 0.15) is 32.3 Å². The molecular formula is C15H22Cl2N2O. The van der Waals surface area contributed by atoms with Crippen LogP contribution in [0.25, 0.3) is 0 Å². The van der Waals surface area contributed by atoms with E-state index >= 15 is 0 Å². The molecule has 0 heterocycles. The number of nitrogens with one attached hydrogen (secondary N) is 2. The lowest BCUT2D eigenvalue weighted by Crippen LogP contribution is -2.32. The van der Waals surface area contributed by atoms with Crippen molar-refractivity contribution in [2.75, 3.05) is 13.1 Å². The Morgan fingerprint density at radius 1 is 1.30 bits per heavy atom. The predicted octanol–water partition coefficient (Wildman–Crippen LogP) is 3.43. The van der Waals surface area contributed by atoms with Gasteiger partial charge in [0.15, 0.2) is 0 Å². The van der Waals surface area contributed by atoms with E-state index in [1.54, 1.807) is 12.1 Å². The Morgan fingerprint density at radius 2 is 2.05 bits per heavy atom. The summed E-state index contributed by atoms with van der Waals surface area (Å²) in [6.07, 6.45) is 2.27. The van der Waals surface area contributed by atoms with Crippen molar-refractivity contribution in [3.63, 3.8) is 0 Å². The molecule has 0 aliphatic heterocycles. The first-order valence-corrected chi connectivity index (χ1v) is 7.72. The lowest BCUT2D eigenvalue weighted by molar-refractivity contribution is -0.120. The molecule has 0 aliphatic carbocycles. The molecule has 0 fully saturated rings. The minimum Gasteiger partial charge on any atom is -0.356 e. The smallest absolute Gasteiger partial charge is 0.221 e. The van der Waals surface area contributed by atoms with Gasteiger partial charge in [-0.3, -0.25) is 4.79 Å². The van der Waals surface area contributed by atoms with Crippen molar-refractivity contribution in [2.24, 2.45) is 0 Å². The molecule has 0 saturated heterocycles. The largest absolute Gasteiger partial charge is 0.356 e. The highest BCUT2D eigenvalue weighted by Gasteiger charge is 2.04. The quantitative estimate of drug-likeness (QED) is 0.771. The van der Waals surface area contributed by atoms with E-state index in [9.17, 15) is 4.79 Å². The van der Waals surface area contributed by atoms with Crippen LogP contribution < -0.4 is 10.6 Å². The van der Waals surface area contributed by atoms with Gasteiger partial charge < -0.3 is 10.6 Å². The Morgan fingerprint density at radius 3 is 2.70 bits per heavy atom. The third-order valence-corrected chi connectivity index (χ3v) is 3.78. The molecule has 20 heavy (non-hydrogen) atoms. The maximum Gasteiger partial charge on any atom is 0.221 e. The molecule has 5 heteroatoms. The summed E-state index contributed by atoms with van der Waals surface area (Å²) in [5, 5.41) is 7.45. The van der Waals surface area contributed by atoms with Gasteiger partial charge in [0.25, 0.3) is 0 Å². The minimum atomic E-state index is 0.0610. The Balaban J connectivity index is 2.21. The van der Waals surface area contributed by atoms with Gasteiger partial charge in [-0.25, -0.2) is 0 Å². The van der Waals surface area contributed by atoms with Gasteiger partial charge in [-0.05, 0) is 37.5 Å². The van der Waals surface area contributed by atoms with Crippen LogP contribution in [0.15, 0.2) is 18.2 Å². The van der Waals surface area contributed by atoms with Crippen LogP contribution in [0.2, 0.25) is 10.0 Å². The van der Waals surface area contributed by atoms with E-state index in [-0.39, 0.29) is 5.91 Å². The van der Waals surface area contributed by atoms with Gasteiger partial charge in [0.1, 0.15) is 0 Å². The average Bonchev–Trinajstić information content (AvgIpc) is 2.41. The van der Waals surface area contributed by atoms with Gasteiger partial charge in [-0.1, -0.05) is 36.2 Å². The molecule has 0 bridgehead atoms. The number of rotatable bonds is 8. The third-order valence-electron chi connectivity index (χ3n) is 3.19. The predicted molar refractivity (Wildman–Crippen MR) is 85.5 cm³/mol. The number of halogens is 2. The first-order valence-electron chi connectivity index (χ1n) is 6.97. The average molecular weight is 317 g/mol. The molecule has 3 nitrogen and oxygen atoms in total. The number of benzene rings is 1. The molecule has 0 radical (unpaired) electrons. The van der Waals surface area contributed by atoms with Crippen LogP contribution >= 0.6 is 23.2 Å². The van der Waals surface area contributed by atoms with E-state index in [2.05, 4.69) is 24.5 Å². The van der Waals surface area contributed by atoms with Crippen molar-refractivity contribution < 1.29 is 4.79 Å². The zero-order valence-corrected chi connectivity index (χ0v) is 13.5. The fraction of sp³-hybridized carbons (Fsp3) is 0.533. The van der Waals surface area contributed by atoms with E-state index < -0.39 is 0 Å². The van der Waals surface area contributed by atoms with Crippen LogP contribution in [0, 0.1) is 0 Å². The molecular weight excluding hydrogens is 295 g/mol. The molecule has 1 atom stereocenters. The van der Waals surface area contributed by atoms with E-state index in [1.165, 1.54) is 0 Å². The van der Waals surface area contributed by atoms with Gasteiger partial charge in [0, 0.05) is 35.6 Å². The zero-order valence-electron chi connectivity index (χ0n) is 12.0. The third kappa shape index (κ3) is 6.60. The summed E-state index contributed by atoms with van der Waals surface area (Å²) in [6, 6.07) is 5.87. The number of amides is 1. The van der Waals surface area contributed by atoms with Crippen molar-refractivity contribution in [3.05, 3.63) is 33.8 Å². The molecule has 0 spiro atoms. The van der Waals surface area contributed by atoms with E-state index in [1.807, 2.05) is 6.07 Å². The molecule has 1 unspecified atom stereocenters. The van der Waals surface area contributed by atoms with Crippen molar-refractivity contribution >= 4 is 29.1 Å². The SMILES string of the molecule is CCC(C)NCCC(=O)NCCc1ccc(Cl)cc1Cl. The summed E-state index contributed by atoms with van der Waals surface area (Å²) in [5.41, 5.74) is 0.995. The van der Waals surface area contributed by atoms with Crippen LogP contribution in [-0.2, 0) is 11.2 Å². The summed E-state index contributed by atoms with van der Waals surface area (Å²) in [5.74, 6) is 0.0610. The Labute approximate surface area is 131 Å². The summed E-state index contributed by atoms with van der Waals surface area (Å²) < 4.78 is 0. The highest BCUT2D eigenvalue weighted by molar-refractivity contribution is 6.35. The van der Waals surface area contributed by atoms with E-state index in [0.717, 1.165) is 12.0 Å². The highest BCUT2D eigenvalue weighted by Crippen LogP contribution is 2.20. The van der Waals surface area contributed by atoms with Gasteiger partial charge in [0.05, 0.1) is 0 Å². The molecule has 0 aliphatic rings. The fourth-order valence-electron chi connectivity index (χ4n) is 1.73. The normalized spacial score (nSPS) is 12.2.